The largest absolute Gasteiger partial charge is 0.480 e. The van der Waals surface area contributed by atoms with Crippen LogP contribution in [0.5, 0.6) is 0 Å². The number of likely N-dealkylation sites (tertiary alicyclic amines) is 3. The fourth-order valence-corrected chi connectivity index (χ4v) is 6.48. The number of carboxylic acid groups (broad SMARTS) is 1. The molecule has 10 heteroatoms. The molecule has 3 saturated heterocycles. The lowest BCUT2D eigenvalue weighted by atomic mass is 9.84. The van der Waals surface area contributed by atoms with E-state index in [9.17, 15) is 24.3 Å². The molecule has 2 N–H and O–H groups in total. The highest BCUT2D eigenvalue weighted by atomic mass is 16.4. The maximum absolute atomic E-state index is 14.0. The topological polar surface area (TPSA) is 113 Å². The van der Waals surface area contributed by atoms with Crippen molar-refractivity contribution in [2.24, 2.45) is 11.3 Å². The number of aliphatic carboxylic acids is 1. The van der Waals surface area contributed by atoms with E-state index in [0.717, 1.165) is 38.8 Å². The summed E-state index contributed by atoms with van der Waals surface area (Å²) in [7, 11) is 3.77. The minimum Gasteiger partial charge on any atom is -0.480 e. The molecule has 0 radical (unpaired) electrons. The number of rotatable bonds is 9. The molecule has 0 aromatic carbocycles. The second kappa shape index (κ2) is 13.0. The molecule has 3 aliphatic rings. The molecule has 10 nitrogen and oxygen atoms in total. The first-order valence-corrected chi connectivity index (χ1v) is 14.8. The van der Waals surface area contributed by atoms with Gasteiger partial charge in [0.2, 0.25) is 17.7 Å². The molecule has 5 atom stereocenters. The highest BCUT2D eigenvalue weighted by molar-refractivity contribution is 5.90. The van der Waals surface area contributed by atoms with Gasteiger partial charge in [-0.15, -0.1) is 0 Å². The van der Waals surface area contributed by atoms with Crippen LogP contribution in [0.25, 0.3) is 0 Å². The van der Waals surface area contributed by atoms with Gasteiger partial charge in [-0.25, -0.2) is 4.79 Å². The summed E-state index contributed by atoms with van der Waals surface area (Å²) in [5.41, 5.74) is -0.483. The summed E-state index contributed by atoms with van der Waals surface area (Å²) in [6, 6.07) is -2.18. The molecule has 3 fully saturated rings. The SMILES string of the molecule is CC(C)[C@@H](CN1CCC[C@H]1C(=O)N1CCC[C@H]1C(=O)O)N(C)C(=O)C(NC(=O)[C@H]1CCCCN1C)C(C)(C)C. The Morgan fingerprint density at radius 3 is 2.13 bits per heavy atom. The fraction of sp³-hybridized carbons (Fsp3) is 0.862. The van der Waals surface area contributed by atoms with Crippen LogP contribution in [0.3, 0.4) is 0 Å². The van der Waals surface area contributed by atoms with E-state index in [1.54, 1.807) is 11.9 Å². The third kappa shape index (κ3) is 7.31. The van der Waals surface area contributed by atoms with Crippen LogP contribution in [0.15, 0.2) is 0 Å². The second-order valence-electron chi connectivity index (χ2n) is 13.2. The number of likely N-dealkylation sites (N-methyl/N-ethyl adjacent to an activating group) is 2. The van der Waals surface area contributed by atoms with Crippen LogP contribution < -0.4 is 5.32 Å². The van der Waals surface area contributed by atoms with Gasteiger partial charge in [0.05, 0.1) is 12.1 Å². The Bertz CT molecular complexity index is 903. The highest BCUT2D eigenvalue weighted by Crippen LogP contribution is 2.28. The van der Waals surface area contributed by atoms with Gasteiger partial charge in [0.25, 0.3) is 0 Å². The van der Waals surface area contributed by atoms with Crippen molar-refractivity contribution in [2.45, 2.75) is 110 Å². The second-order valence-corrected chi connectivity index (χ2v) is 13.2. The summed E-state index contributed by atoms with van der Waals surface area (Å²) in [5, 5.41) is 12.7. The summed E-state index contributed by atoms with van der Waals surface area (Å²) >= 11 is 0. The van der Waals surface area contributed by atoms with E-state index >= 15 is 0 Å². The van der Waals surface area contributed by atoms with Gasteiger partial charge in [-0.3, -0.25) is 24.2 Å². The third-order valence-electron chi connectivity index (χ3n) is 8.98. The van der Waals surface area contributed by atoms with Gasteiger partial charge in [-0.1, -0.05) is 41.0 Å². The van der Waals surface area contributed by atoms with Crippen LogP contribution in [-0.2, 0) is 19.2 Å². The van der Waals surface area contributed by atoms with E-state index in [0.29, 0.717) is 32.4 Å². The fourth-order valence-electron chi connectivity index (χ4n) is 6.48. The number of hydrogen-bond donors (Lipinski definition) is 2. The molecule has 3 amide bonds. The predicted molar refractivity (Wildman–Crippen MR) is 150 cm³/mol. The van der Waals surface area contributed by atoms with Gasteiger partial charge in [-0.2, -0.15) is 0 Å². The minimum absolute atomic E-state index is 0.0937. The van der Waals surface area contributed by atoms with Gasteiger partial charge in [-0.05, 0) is 70.0 Å². The number of carboxylic acids is 1. The van der Waals surface area contributed by atoms with Crippen LogP contribution in [0.4, 0.5) is 0 Å². The van der Waals surface area contributed by atoms with Gasteiger partial charge in [0.15, 0.2) is 0 Å². The summed E-state index contributed by atoms with van der Waals surface area (Å²) in [5.74, 6) is -1.14. The van der Waals surface area contributed by atoms with Crippen molar-refractivity contribution in [1.82, 2.24) is 24.9 Å². The zero-order valence-electron chi connectivity index (χ0n) is 25.1. The van der Waals surface area contributed by atoms with E-state index < -0.39 is 23.5 Å². The van der Waals surface area contributed by atoms with Crippen LogP contribution in [-0.4, -0.2) is 119 Å². The lowest BCUT2D eigenvalue weighted by molar-refractivity contribution is -0.150. The van der Waals surface area contributed by atoms with E-state index in [2.05, 4.69) is 29.0 Å². The number of nitrogens with one attached hydrogen (secondary N) is 1. The molecule has 222 valence electrons. The smallest absolute Gasteiger partial charge is 0.326 e. The van der Waals surface area contributed by atoms with Crippen molar-refractivity contribution in [1.29, 1.82) is 0 Å². The van der Waals surface area contributed by atoms with Crippen molar-refractivity contribution in [3.8, 4) is 0 Å². The standard InChI is InChI=1S/C29H51N5O5/c1-19(2)23(18-33-16-10-13-21(33)26(36)34-17-11-14-22(34)28(38)39)32(7)27(37)24(29(3,4)5)30-25(35)20-12-8-9-15-31(20)6/h19-24H,8-18H2,1-7H3,(H,30,35)(H,38,39)/t20-,21+,22+,23-,24?/m1/s1. The third-order valence-corrected chi connectivity index (χ3v) is 8.98. The van der Waals surface area contributed by atoms with E-state index in [1.165, 1.54) is 4.90 Å². The van der Waals surface area contributed by atoms with Crippen molar-refractivity contribution in [3.63, 3.8) is 0 Å². The molecule has 0 aromatic heterocycles. The number of amides is 3. The molecule has 0 spiro atoms. The normalized spacial score (nSPS) is 26.5. The molecule has 3 aliphatic heterocycles. The Balaban J connectivity index is 1.74. The maximum Gasteiger partial charge on any atom is 0.326 e. The number of carbonyl (C=O) groups is 4. The molecule has 0 saturated carbocycles. The number of piperidine rings is 1. The molecular formula is C29H51N5O5. The van der Waals surface area contributed by atoms with Crippen LogP contribution in [0.1, 0.15) is 79.6 Å². The van der Waals surface area contributed by atoms with Crippen molar-refractivity contribution >= 4 is 23.7 Å². The molecule has 0 aliphatic carbocycles. The van der Waals surface area contributed by atoms with E-state index in [1.807, 2.05) is 27.8 Å². The first-order chi connectivity index (χ1) is 18.2. The Morgan fingerprint density at radius 2 is 1.54 bits per heavy atom. The maximum atomic E-state index is 14.0. The predicted octanol–water partition coefficient (Wildman–Crippen LogP) is 2.02. The van der Waals surface area contributed by atoms with Gasteiger partial charge in [0.1, 0.15) is 12.1 Å². The van der Waals surface area contributed by atoms with Gasteiger partial charge < -0.3 is 20.2 Å². The van der Waals surface area contributed by atoms with E-state index in [-0.39, 0.29) is 41.8 Å². The molecule has 3 heterocycles. The summed E-state index contributed by atoms with van der Waals surface area (Å²) in [4.78, 5) is 59.9. The summed E-state index contributed by atoms with van der Waals surface area (Å²) in [6.45, 7) is 12.7. The Kier molecular flexibility index (Phi) is 10.4. The monoisotopic (exact) mass is 549 g/mol. The lowest BCUT2D eigenvalue weighted by Gasteiger charge is -2.41. The number of nitrogens with zero attached hydrogens (tertiary/aromatic N) is 4. The quantitative estimate of drug-likeness (QED) is 0.452. The van der Waals surface area contributed by atoms with Crippen molar-refractivity contribution in [3.05, 3.63) is 0 Å². The van der Waals surface area contributed by atoms with Crippen molar-refractivity contribution in [2.75, 3.05) is 40.3 Å². The molecule has 39 heavy (non-hydrogen) atoms. The number of carbonyl (C=O) groups excluding carboxylic acids is 3. The molecule has 0 aromatic rings. The zero-order chi connectivity index (χ0) is 29.1. The van der Waals surface area contributed by atoms with Crippen LogP contribution >= 0.6 is 0 Å². The van der Waals surface area contributed by atoms with Gasteiger partial charge in [0, 0.05) is 26.2 Å². The molecular weight excluding hydrogens is 498 g/mol. The molecule has 0 bridgehead atoms. The van der Waals surface area contributed by atoms with Crippen LogP contribution in [0, 0.1) is 11.3 Å². The first kappa shape index (κ1) is 31.3. The Hall–Kier alpha value is -2.20. The minimum atomic E-state index is -0.939. The lowest BCUT2D eigenvalue weighted by Crippen LogP contribution is -2.61. The molecule has 1 unspecified atom stereocenters. The van der Waals surface area contributed by atoms with E-state index in [4.69, 9.17) is 0 Å². The summed E-state index contributed by atoms with van der Waals surface area (Å²) in [6.07, 6.45) is 5.64. The highest BCUT2D eigenvalue weighted by Gasteiger charge is 2.43. The Labute approximate surface area is 234 Å². The van der Waals surface area contributed by atoms with Crippen LogP contribution in [0.2, 0.25) is 0 Å². The molecule has 3 rings (SSSR count). The average Bonchev–Trinajstić information content (AvgIpc) is 3.54. The number of hydrogen-bond acceptors (Lipinski definition) is 6. The average molecular weight is 550 g/mol. The van der Waals surface area contributed by atoms with Gasteiger partial charge >= 0.3 is 5.97 Å². The van der Waals surface area contributed by atoms with Crippen molar-refractivity contribution < 1.29 is 24.3 Å². The Morgan fingerprint density at radius 1 is 0.923 bits per heavy atom. The summed E-state index contributed by atoms with van der Waals surface area (Å²) < 4.78 is 0. The zero-order valence-corrected chi connectivity index (χ0v) is 25.1. The first-order valence-electron chi connectivity index (χ1n) is 14.8.